The average molecular weight is 303 g/mol. The van der Waals surface area contributed by atoms with Gasteiger partial charge in [-0.05, 0) is 13.8 Å². The zero-order valence-corrected chi connectivity index (χ0v) is 11.7. The van der Waals surface area contributed by atoms with Crippen LogP contribution in [0.25, 0.3) is 0 Å². The Hall–Kier alpha value is -2.16. The number of thiophene rings is 1. The van der Waals surface area contributed by atoms with E-state index in [-0.39, 0.29) is 28.8 Å². The molecule has 1 aromatic heterocycles. The van der Waals surface area contributed by atoms with Crippen LogP contribution in [0, 0.1) is 10.1 Å². The first-order valence-electron chi connectivity index (χ1n) is 5.73. The Morgan fingerprint density at radius 1 is 1.30 bits per heavy atom. The van der Waals surface area contributed by atoms with Crippen molar-refractivity contribution in [1.82, 2.24) is 0 Å². The Kier molecular flexibility index (Phi) is 5.91. The molecule has 1 aromatic rings. The van der Waals surface area contributed by atoms with Crippen LogP contribution in [-0.2, 0) is 14.3 Å². The van der Waals surface area contributed by atoms with Crippen molar-refractivity contribution in [2.24, 2.45) is 0 Å². The van der Waals surface area contributed by atoms with Gasteiger partial charge in [-0.2, -0.15) is 0 Å². The second-order valence-corrected chi connectivity index (χ2v) is 4.37. The molecular formula is C11H13NO7S. The van der Waals surface area contributed by atoms with Crippen molar-refractivity contribution in [3.05, 3.63) is 21.1 Å². The molecule has 0 fully saturated rings. The molecule has 0 aliphatic rings. The highest BCUT2D eigenvalue weighted by Crippen LogP contribution is 2.37. The van der Waals surface area contributed by atoms with Crippen molar-refractivity contribution in [3.63, 3.8) is 0 Å². The minimum atomic E-state index is -0.695. The highest BCUT2D eigenvalue weighted by Gasteiger charge is 2.25. The Morgan fingerprint density at radius 2 is 1.95 bits per heavy atom. The zero-order valence-electron chi connectivity index (χ0n) is 10.9. The number of hydrogen-bond donors (Lipinski definition) is 0. The molecule has 1 heterocycles. The lowest BCUT2D eigenvalue weighted by Crippen LogP contribution is -2.14. The topological polar surface area (TPSA) is 105 Å². The second kappa shape index (κ2) is 7.43. The molecule has 0 aromatic carbocycles. The maximum Gasteiger partial charge on any atom is 0.348 e. The molecule has 1 rings (SSSR count). The molecule has 0 saturated heterocycles. The normalized spacial score (nSPS) is 9.90. The van der Waals surface area contributed by atoms with Crippen molar-refractivity contribution >= 4 is 29.0 Å². The molecule has 9 heteroatoms. The van der Waals surface area contributed by atoms with E-state index in [4.69, 9.17) is 9.47 Å². The van der Waals surface area contributed by atoms with Crippen LogP contribution >= 0.6 is 11.3 Å². The fourth-order valence-corrected chi connectivity index (χ4v) is 2.09. The van der Waals surface area contributed by atoms with Gasteiger partial charge in [-0.1, -0.05) is 11.3 Å². The molecule has 8 nitrogen and oxygen atoms in total. The van der Waals surface area contributed by atoms with E-state index in [0.29, 0.717) is 0 Å². The molecule has 0 bridgehead atoms. The van der Waals surface area contributed by atoms with E-state index in [0.717, 1.165) is 17.4 Å². The molecule has 0 spiro atoms. The summed E-state index contributed by atoms with van der Waals surface area (Å²) in [5.41, 5.74) is -0.387. The SMILES string of the molecule is CCOC(=O)COc1sc(C(=O)OCC)cc1[N+](=O)[O-]. The molecule has 20 heavy (non-hydrogen) atoms. The smallest absolute Gasteiger partial charge is 0.348 e. The van der Waals surface area contributed by atoms with E-state index in [1.165, 1.54) is 0 Å². The number of ether oxygens (including phenoxy) is 3. The molecule has 0 unspecified atom stereocenters. The summed E-state index contributed by atoms with van der Waals surface area (Å²) >= 11 is 0.750. The van der Waals surface area contributed by atoms with Crippen LogP contribution in [0.15, 0.2) is 6.07 Å². The Balaban J connectivity index is 2.85. The number of esters is 2. The largest absolute Gasteiger partial charge is 0.467 e. The van der Waals surface area contributed by atoms with E-state index in [9.17, 15) is 19.7 Å². The van der Waals surface area contributed by atoms with Gasteiger partial charge in [0, 0.05) is 6.07 Å². The third-order valence-electron chi connectivity index (χ3n) is 1.98. The minimum Gasteiger partial charge on any atom is -0.467 e. The van der Waals surface area contributed by atoms with Gasteiger partial charge in [-0.25, -0.2) is 9.59 Å². The molecule has 0 saturated carbocycles. The molecule has 0 atom stereocenters. The van der Waals surface area contributed by atoms with Crippen molar-refractivity contribution in [1.29, 1.82) is 0 Å². The van der Waals surface area contributed by atoms with Gasteiger partial charge in [0.05, 0.1) is 18.1 Å². The monoisotopic (exact) mass is 303 g/mol. The molecule has 0 aliphatic carbocycles. The Morgan fingerprint density at radius 3 is 2.50 bits per heavy atom. The summed E-state index contributed by atoms with van der Waals surface area (Å²) in [6.45, 7) is 3.13. The lowest BCUT2D eigenvalue weighted by atomic mass is 10.4. The highest BCUT2D eigenvalue weighted by atomic mass is 32.1. The van der Waals surface area contributed by atoms with E-state index >= 15 is 0 Å². The molecule has 0 amide bonds. The molecule has 0 radical (unpaired) electrons. The summed E-state index contributed by atoms with van der Waals surface area (Å²) in [6.07, 6.45) is 0. The first kappa shape index (κ1) is 15.9. The van der Waals surface area contributed by atoms with Gasteiger partial charge in [0.2, 0.25) is 0 Å². The van der Waals surface area contributed by atoms with Gasteiger partial charge in [0.1, 0.15) is 4.88 Å². The zero-order chi connectivity index (χ0) is 15.1. The summed E-state index contributed by atoms with van der Waals surface area (Å²) < 4.78 is 14.4. The number of nitro groups is 1. The standard InChI is InChI=1S/C11H13NO7S/c1-3-17-9(13)6-19-11-7(12(15)16)5-8(20-11)10(14)18-4-2/h5H,3-4,6H2,1-2H3. The molecular weight excluding hydrogens is 290 g/mol. The fourth-order valence-electron chi connectivity index (χ4n) is 1.23. The van der Waals surface area contributed by atoms with Gasteiger partial charge in [0.25, 0.3) is 5.06 Å². The van der Waals surface area contributed by atoms with Crippen LogP contribution in [0.4, 0.5) is 5.69 Å². The summed E-state index contributed by atoms with van der Waals surface area (Å²) in [7, 11) is 0. The van der Waals surface area contributed by atoms with Crippen LogP contribution in [0.2, 0.25) is 0 Å². The number of carbonyl (C=O) groups excluding carboxylic acids is 2. The van der Waals surface area contributed by atoms with Gasteiger partial charge < -0.3 is 14.2 Å². The summed E-state index contributed by atoms with van der Waals surface area (Å²) in [5.74, 6) is -1.32. The number of rotatable bonds is 7. The van der Waals surface area contributed by atoms with Crippen LogP contribution in [0.3, 0.4) is 0 Å². The first-order chi connectivity index (χ1) is 9.49. The minimum absolute atomic E-state index is 0.0393. The molecule has 110 valence electrons. The van der Waals surface area contributed by atoms with Crippen molar-refractivity contribution in [2.45, 2.75) is 13.8 Å². The lowest BCUT2D eigenvalue weighted by molar-refractivity contribution is -0.385. The third kappa shape index (κ3) is 4.19. The predicted molar refractivity (Wildman–Crippen MR) is 69.1 cm³/mol. The lowest BCUT2D eigenvalue weighted by Gasteiger charge is -2.02. The van der Waals surface area contributed by atoms with Crippen LogP contribution in [-0.4, -0.2) is 36.7 Å². The Labute approximate surface area is 118 Å². The van der Waals surface area contributed by atoms with Crippen LogP contribution < -0.4 is 4.74 Å². The maximum absolute atomic E-state index is 11.5. The fraction of sp³-hybridized carbons (Fsp3) is 0.455. The highest BCUT2D eigenvalue weighted by molar-refractivity contribution is 7.16. The van der Waals surface area contributed by atoms with Crippen molar-refractivity contribution in [3.8, 4) is 5.06 Å². The third-order valence-corrected chi connectivity index (χ3v) is 3.00. The van der Waals surface area contributed by atoms with Gasteiger partial charge in [-0.3, -0.25) is 10.1 Å². The summed E-state index contributed by atoms with van der Waals surface area (Å²) in [6, 6.07) is 1.06. The number of carbonyl (C=O) groups is 2. The quantitative estimate of drug-likeness (QED) is 0.429. The van der Waals surface area contributed by atoms with Crippen LogP contribution in [0.1, 0.15) is 23.5 Å². The van der Waals surface area contributed by atoms with Crippen molar-refractivity contribution < 1.29 is 28.7 Å². The first-order valence-corrected chi connectivity index (χ1v) is 6.55. The molecule has 0 N–H and O–H groups in total. The van der Waals surface area contributed by atoms with Gasteiger partial charge in [-0.15, -0.1) is 0 Å². The van der Waals surface area contributed by atoms with Crippen LogP contribution in [0.5, 0.6) is 5.06 Å². The molecule has 0 aliphatic heterocycles. The maximum atomic E-state index is 11.5. The van der Waals surface area contributed by atoms with Crippen molar-refractivity contribution in [2.75, 3.05) is 19.8 Å². The predicted octanol–water partition coefficient (Wildman–Crippen LogP) is 1.77. The average Bonchev–Trinajstić information content (AvgIpc) is 2.81. The van der Waals surface area contributed by atoms with Gasteiger partial charge in [0.15, 0.2) is 6.61 Å². The van der Waals surface area contributed by atoms with E-state index in [1.54, 1.807) is 13.8 Å². The number of hydrogen-bond acceptors (Lipinski definition) is 8. The van der Waals surface area contributed by atoms with E-state index in [2.05, 4.69) is 4.74 Å². The number of nitrogens with zero attached hydrogens (tertiary/aromatic N) is 1. The van der Waals surface area contributed by atoms with E-state index < -0.39 is 23.5 Å². The van der Waals surface area contributed by atoms with Gasteiger partial charge >= 0.3 is 17.6 Å². The van der Waals surface area contributed by atoms with E-state index in [1.807, 2.05) is 0 Å². The Bertz CT molecular complexity index is 511. The summed E-state index contributed by atoms with van der Waals surface area (Å²) in [4.78, 5) is 32.8. The second-order valence-electron chi connectivity index (χ2n) is 3.35. The summed E-state index contributed by atoms with van der Waals surface area (Å²) in [5, 5.41) is 10.7.